The number of aromatic nitrogens is 1. The zero-order valence-corrected chi connectivity index (χ0v) is 16.7. The fourth-order valence-electron chi connectivity index (χ4n) is 2.17. The number of rotatable bonds is 9. The summed E-state index contributed by atoms with van der Waals surface area (Å²) in [4.78, 5) is 9.20. The van der Waals surface area contributed by atoms with Crippen molar-refractivity contribution in [3.05, 3.63) is 40.3 Å². The van der Waals surface area contributed by atoms with Gasteiger partial charge in [0.15, 0.2) is 5.96 Å². The molecule has 1 aromatic carbocycles. The molecule has 0 atom stereocenters. The van der Waals surface area contributed by atoms with Crippen LogP contribution in [-0.2, 0) is 6.54 Å². The quantitative estimate of drug-likeness (QED) is 0.399. The molecule has 0 saturated heterocycles. The third-order valence-corrected chi connectivity index (χ3v) is 4.72. The van der Waals surface area contributed by atoms with Crippen LogP contribution in [0.3, 0.4) is 0 Å². The molecule has 6 nitrogen and oxygen atoms in total. The second-order valence-electron chi connectivity index (χ2n) is 5.98. The van der Waals surface area contributed by atoms with E-state index in [1.165, 1.54) is 0 Å². The molecule has 0 fully saturated rings. The van der Waals surface area contributed by atoms with Gasteiger partial charge in [-0.25, -0.2) is 9.98 Å². The van der Waals surface area contributed by atoms with Crippen molar-refractivity contribution in [1.29, 1.82) is 0 Å². The van der Waals surface area contributed by atoms with E-state index < -0.39 is 0 Å². The minimum absolute atomic E-state index is 0.458. The molecule has 0 bridgehead atoms. The number of methoxy groups -OCH3 is 1. The van der Waals surface area contributed by atoms with Crippen molar-refractivity contribution in [2.24, 2.45) is 4.99 Å². The molecule has 0 radical (unpaired) electrons. The van der Waals surface area contributed by atoms with Crippen molar-refractivity contribution in [2.75, 3.05) is 26.8 Å². The van der Waals surface area contributed by atoms with Crippen LogP contribution in [-0.4, -0.2) is 37.7 Å². The molecule has 1 heterocycles. The van der Waals surface area contributed by atoms with Crippen LogP contribution in [0.1, 0.15) is 37.4 Å². The second kappa shape index (κ2) is 10.7. The molecule has 0 unspecified atom stereocenters. The Bertz CT molecular complexity index is 683. The number of aliphatic imine (C=N–C) groups is 1. The van der Waals surface area contributed by atoms with Gasteiger partial charge in [0, 0.05) is 17.8 Å². The van der Waals surface area contributed by atoms with Crippen molar-refractivity contribution in [1.82, 2.24) is 15.6 Å². The molecule has 2 rings (SSSR count). The lowest BCUT2D eigenvalue weighted by atomic mass is 10.2. The predicted molar refractivity (Wildman–Crippen MR) is 108 cm³/mol. The Labute approximate surface area is 159 Å². The lowest BCUT2D eigenvalue weighted by Gasteiger charge is -2.12. The molecular formula is C19H28N4O2S. The van der Waals surface area contributed by atoms with Gasteiger partial charge in [-0.15, -0.1) is 11.3 Å². The first kappa shape index (κ1) is 20.0. The van der Waals surface area contributed by atoms with Gasteiger partial charge >= 0.3 is 0 Å². The Morgan fingerprint density at radius 2 is 1.92 bits per heavy atom. The Balaban J connectivity index is 1.78. The first-order valence-corrected chi connectivity index (χ1v) is 9.73. The molecule has 0 aliphatic rings. The Morgan fingerprint density at radius 3 is 2.54 bits per heavy atom. The van der Waals surface area contributed by atoms with Crippen LogP contribution < -0.4 is 20.1 Å². The summed E-state index contributed by atoms with van der Waals surface area (Å²) in [6, 6.07) is 7.56. The third kappa shape index (κ3) is 6.55. The van der Waals surface area contributed by atoms with Gasteiger partial charge in [0.05, 0.1) is 30.9 Å². The van der Waals surface area contributed by atoms with Crippen LogP contribution in [0.25, 0.3) is 0 Å². The lowest BCUT2D eigenvalue weighted by molar-refractivity contribution is 0.321. The monoisotopic (exact) mass is 376 g/mol. The van der Waals surface area contributed by atoms with E-state index in [2.05, 4.69) is 39.8 Å². The van der Waals surface area contributed by atoms with Crippen LogP contribution in [0, 0.1) is 0 Å². The van der Waals surface area contributed by atoms with Gasteiger partial charge in [0.25, 0.3) is 0 Å². The molecule has 2 N–H and O–H groups in total. The molecule has 2 aromatic rings. The summed E-state index contributed by atoms with van der Waals surface area (Å²) in [5.74, 6) is 2.86. The smallest absolute Gasteiger partial charge is 0.191 e. The molecule has 1 aromatic heterocycles. The van der Waals surface area contributed by atoms with Crippen molar-refractivity contribution >= 4 is 17.3 Å². The third-order valence-electron chi connectivity index (χ3n) is 3.53. The Morgan fingerprint density at radius 1 is 1.19 bits per heavy atom. The number of nitrogens with zero attached hydrogens (tertiary/aromatic N) is 2. The number of ether oxygens (including phenoxy) is 2. The zero-order chi connectivity index (χ0) is 18.8. The summed E-state index contributed by atoms with van der Waals surface area (Å²) in [5.41, 5.74) is 1.00. The fraction of sp³-hybridized carbons (Fsp3) is 0.474. The number of hydrogen-bond donors (Lipinski definition) is 2. The van der Waals surface area contributed by atoms with Crippen molar-refractivity contribution in [3.8, 4) is 11.5 Å². The average Bonchev–Trinajstić information content (AvgIpc) is 3.13. The van der Waals surface area contributed by atoms with Crippen molar-refractivity contribution in [3.63, 3.8) is 0 Å². The maximum atomic E-state index is 5.71. The number of thiazole rings is 1. The van der Waals surface area contributed by atoms with Crippen molar-refractivity contribution in [2.45, 2.75) is 33.2 Å². The van der Waals surface area contributed by atoms with Gasteiger partial charge in [-0.1, -0.05) is 13.8 Å². The van der Waals surface area contributed by atoms with Gasteiger partial charge in [-0.3, -0.25) is 0 Å². The van der Waals surface area contributed by atoms with E-state index in [0.717, 1.165) is 34.7 Å². The summed E-state index contributed by atoms with van der Waals surface area (Å²) < 4.78 is 10.8. The van der Waals surface area contributed by atoms with Gasteiger partial charge < -0.3 is 20.1 Å². The SMILES string of the molecule is CCNC(=NCc1csc(C(C)C)n1)NCCOc1ccc(OC)cc1. The van der Waals surface area contributed by atoms with Crippen LogP contribution in [0.2, 0.25) is 0 Å². The second-order valence-corrected chi connectivity index (χ2v) is 6.87. The largest absolute Gasteiger partial charge is 0.497 e. The summed E-state index contributed by atoms with van der Waals surface area (Å²) in [6.45, 7) is 8.93. The number of guanidine groups is 1. The molecular weight excluding hydrogens is 348 g/mol. The van der Waals surface area contributed by atoms with Crippen LogP contribution in [0.15, 0.2) is 34.6 Å². The van der Waals surface area contributed by atoms with Crippen LogP contribution >= 0.6 is 11.3 Å². The minimum atomic E-state index is 0.458. The highest BCUT2D eigenvalue weighted by molar-refractivity contribution is 7.09. The fourth-order valence-corrected chi connectivity index (χ4v) is 3.00. The first-order chi connectivity index (χ1) is 12.6. The highest BCUT2D eigenvalue weighted by Crippen LogP contribution is 2.19. The van der Waals surface area contributed by atoms with Gasteiger partial charge in [0.2, 0.25) is 0 Å². The van der Waals surface area contributed by atoms with E-state index in [1.807, 2.05) is 31.2 Å². The standard InChI is InChI=1S/C19H28N4O2S/c1-5-20-19(22-12-15-13-26-18(23-15)14(2)3)21-10-11-25-17-8-6-16(24-4)7-9-17/h6-9,13-14H,5,10-12H2,1-4H3,(H2,20,21,22). The first-order valence-electron chi connectivity index (χ1n) is 8.85. The van der Waals surface area contributed by atoms with Crippen LogP contribution in [0.5, 0.6) is 11.5 Å². The molecule has 0 saturated carbocycles. The van der Waals surface area contributed by atoms with E-state index in [9.17, 15) is 0 Å². The molecule has 26 heavy (non-hydrogen) atoms. The normalized spacial score (nSPS) is 11.5. The topological polar surface area (TPSA) is 67.8 Å². The summed E-state index contributed by atoms with van der Waals surface area (Å²) >= 11 is 1.69. The molecule has 7 heteroatoms. The van der Waals surface area contributed by atoms with E-state index in [-0.39, 0.29) is 0 Å². The van der Waals surface area contributed by atoms with Gasteiger partial charge in [-0.2, -0.15) is 0 Å². The highest BCUT2D eigenvalue weighted by atomic mass is 32.1. The van der Waals surface area contributed by atoms with Gasteiger partial charge in [-0.05, 0) is 31.2 Å². The van der Waals surface area contributed by atoms with Gasteiger partial charge in [0.1, 0.15) is 18.1 Å². The molecule has 0 amide bonds. The Kier molecular flexibility index (Phi) is 8.21. The predicted octanol–water partition coefficient (Wildman–Crippen LogP) is 3.41. The zero-order valence-electron chi connectivity index (χ0n) is 15.9. The van der Waals surface area contributed by atoms with Crippen molar-refractivity contribution < 1.29 is 9.47 Å². The highest BCUT2D eigenvalue weighted by Gasteiger charge is 2.06. The maximum absolute atomic E-state index is 5.71. The lowest BCUT2D eigenvalue weighted by Crippen LogP contribution is -2.39. The summed E-state index contributed by atoms with van der Waals surface area (Å²) in [5, 5.41) is 9.75. The molecule has 142 valence electrons. The van der Waals surface area contributed by atoms with E-state index in [4.69, 9.17) is 9.47 Å². The van der Waals surface area contributed by atoms with Crippen LogP contribution in [0.4, 0.5) is 0 Å². The minimum Gasteiger partial charge on any atom is -0.497 e. The number of benzene rings is 1. The average molecular weight is 377 g/mol. The van der Waals surface area contributed by atoms with E-state index in [0.29, 0.717) is 25.6 Å². The van der Waals surface area contributed by atoms with E-state index >= 15 is 0 Å². The number of hydrogen-bond acceptors (Lipinski definition) is 5. The molecule has 0 aliphatic carbocycles. The summed E-state index contributed by atoms with van der Waals surface area (Å²) in [6.07, 6.45) is 0. The summed E-state index contributed by atoms with van der Waals surface area (Å²) in [7, 11) is 1.65. The molecule has 0 spiro atoms. The maximum Gasteiger partial charge on any atom is 0.191 e. The Hall–Kier alpha value is -2.28. The van der Waals surface area contributed by atoms with E-state index in [1.54, 1.807) is 18.4 Å². The number of nitrogens with one attached hydrogen (secondary N) is 2. The molecule has 0 aliphatic heterocycles.